The van der Waals surface area contributed by atoms with Gasteiger partial charge in [-0.05, 0) is 31.5 Å². The van der Waals surface area contributed by atoms with Crippen LogP contribution in [0.25, 0.3) is 0 Å². The van der Waals surface area contributed by atoms with E-state index in [9.17, 15) is 9.18 Å². The minimum atomic E-state index is -1.53. The van der Waals surface area contributed by atoms with Crippen molar-refractivity contribution < 1.29 is 23.6 Å². The van der Waals surface area contributed by atoms with Crippen molar-refractivity contribution in [3.05, 3.63) is 64.7 Å². The molecule has 1 N–H and O–H groups in total. The molecule has 2 aromatic rings. The summed E-state index contributed by atoms with van der Waals surface area (Å²) in [6.45, 7) is 3.73. The first-order valence-corrected chi connectivity index (χ1v) is 9.80. The summed E-state index contributed by atoms with van der Waals surface area (Å²) < 4.78 is 18.4. The Morgan fingerprint density at radius 1 is 1.17 bits per heavy atom. The summed E-state index contributed by atoms with van der Waals surface area (Å²) >= 11 is 0. The Morgan fingerprint density at radius 3 is 2.53 bits per heavy atom. The molecular formula is C21H25FN3O4P. The van der Waals surface area contributed by atoms with E-state index >= 15 is 0 Å². The van der Waals surface area contributed by atoms with Crippen LogP contribution in [0.2, 0.25) is 0 Å². The molecule has 160 valence electrons. The van der Waals surface area contributed by atoms with Crippen molar-refractivity contribution in [2.75, 3.05) is 14.2 Å². The molecule has 0 saturated carbocycles. The average molecular weight is 433 g/mol. The summed E-state index contributed by atoms with van der Waals surface area (Å²) in [5.74, 6) is -0.0248. The molecule has 2 rings (SSSR count). The van der Waals surface area contributed by atoms with Crippen molar-refractivity contribution in [1.82, 2.24) is 5.32 Å². The monoisotopic (exact) mass is 433 g/mol. The van der Waals surface area contributed by atoms with Crippen molar-refractivity contribution >= 4 is 26.6 Å². The van der Waals surface area contributed by atoms with Crippen LogP contribution in [0.4, 0.5) is 4.39 Å². The van der Waals surface area contributed by atoms with E-state index in [-0.39, 0.29) is 18.2 Å². The fourth-order valence-electron chi connectivity index (χ4n) is 2.77. The molecular weight excluding hydrogens is 408 g/mol. The van der Waals surface area contributed by atoms with Gasteiger partial charge in [0, 0.05) is 23.7 Å². The third kappa shape index (κ3) is 6.00. The van der Waals surface area contributed by atoms with Gasteiger partial charge >= 0.3 is 0 Å². The Hall–Kier alpha value is -2.99. The highest BCUT2D eigenvalue weighted by atomic mass is 31.0. The first kappa shape index (κ1) is 23.3. The van der Waals surface area contributed by atoms with E-state index in [0.717, 1.165) is 11.1 Å². The van der Waals surface area contributed by atoms with E-state index in [0.29, 0.717) is 22.6 Å². The number of hydrogen-bond acceptors (Lipinski definition) is 6. The lowest BCUT2D eigenvalue weighted by Crippen LogP contribution is -2.29. The molecule has 2 aromatic carbocycles. The van der Waals surface area contributed by atoms with Gasteiger partial charge in [0.25, 0.3) is 5.91 Å². The number of para-hydroxylation sites is 1. The Morgan fingerprint density at radius 2 is 1.87 bits per heavy atom. The van der Waals surface area contributed by atoms with Gasteiger partial charge in [-0.15, -0.1) is 0 Å². The molecule has 0 bridgehead atoms. The van der Waals surface area contributed by atoms with Crippen LogP contribution in [0.3, 0.4) is 0 Å². The molecule has 0 fully saturated rings. The molecule has 0 aliphatic heterocycles. The van der Waals surface area contributed by atoms with E-state index in [1.165, 1.54) is 14.2 Å². The maximum atomic E-state index is 13.2. The molecule has 0 spiro atoms. The minimum absolute atomic E-state index is 0.0947. The maximum absolute atomic E-state index is 13.2. The van der Waals surface area contributed by atoms with Gasteiger partial charge in [-0.3, -0.25) is 4.79 Å². The Labute approximate surface area is 177 Å². The third-order valence-electron chi connectivity index (χ3n) is 4.22. The smallest absolute Gasteiger partial charge is 0.273 e. The number of hydrogen-bond donors (Lipinski definition) is 1. The molecule has 1 amide bonds. The van der Waals surface area contributed by atoms with E-state index < -0.39 is 6.10 Å². The molecule has 0 aromatic heterocycles. The predicted octanol–water partition coefficient (Wildman–Crippen LogP) is 3.54. The minimum Gasteiger partial charge on any atom is -0.457 e. The largest absolute Gasteiger partial charge is 0.457 e. The second-order valence-corrected chi connectivity index (χ2v) is 6.74. The number of carbonyl (C=O) groups excluding carboxylic acids is 1. The SMILES string of the molecule is CNC(=O)/C(=N/OC)c1cccc(C)c1CO/N=C(\C)c1ccccc1OC(F)P. The maximum Gasteiger partial charge on any atom is 0.273 e. The number of nitrogens with one attached hydrogen (secondary N) is 1. The standard InChI is InChI=1S/C21H25FN3O4P/c1-13-8-7-10-16(19(25-27-4)20(26)23-3)17(13)12-28-24-14(2)15-9-5-6-11-18(15)29-21(22)30/h5-11,21H,12,30H2,1-4H3,(H,23,26)/b24-14+,25-19+. The van der Waals surface area contributed by atoms with Gasteiger partial charge in [-0.1, -0.05) is 49.9 Å². The molecule has 0 heterocycles. The molecule has 7 nitrogen and oxygen atoms in total. The summed E-state index contributed by atoms with van der Waals surface area (Å²) in [4.78, 5) is 22.6. The van der Waals surface area contributed by atoms with Crippen LogP contribution in [0.15, 0.2) is 52.8 Å². The zero-order valence-electron chi connectivity index (χ0n) is 17.3. The predicted molar refractivity (Wildman–Crippen MR) is 117 cm³/mol. The second-order valence-electron chi connectivity index (χ2n) is 6.22. The number of ether oxygens (including phenoxy) is 1. The summed E-state index contributed by atoms with van der Waals surface area (Å²) in [6.07, 6.45) is -1.53. The Balaban J connectivity index is 2.29. The third-order valence-corrected chi connectivity index (χ3v) is 4.35. The number of aryl methyl sites for hydroxylation is 1. The van der Waals surface area contributed by atoms with Gasteiger partial charge in [-0.2, -0.15) is 4.39 Å². The van der Waals surface area contributed by atoms with Crippen molar-refractivity contribution in [3.63, 3.8) is 0 Å². The quantitative estimate of drug-likeness (QED) is 0.373. The number of oxime groups is 2. The number of alkyl halides is 1. The first-order chi connectivity index (χ1) is 14.4. The van der Waals surface area contributed by atoms with E-state index in [1.807, 2.05) is 28.3 Å². The Bertz CT molecular complexity index is 948. The number of benzene rings is 2. The van der Waals surface area contributed by atoms with Gasteiger partial charge in [-0.25, -0.2) is 0 Å². The second kappa shape index (κ2) is 11.3. The molecule has 0 aliphatic carbocycles. The van der Waals surface area contributed by atoms with Crippen LogP contribution in [-0.4, -0.2) is 37.6 Å². The van der Waals surface area contributed by atoms with Gasteiger partial charge in [0.05, 0.1) is 5.71 Å². The number of carbonyl (C=O) groups is 1. The van der Waals surface area contributed by atoms with Crippen LogP contribution in [0.5, 0.6) is 5.75 Å². The number of rotatable bonds is 9. The first-order valence-electron chi connectivity index (χ1n) is 9.13. The van der Waals surface area contributed by atoms with Crippen LogP contribution in [0.1, 0.15) is 29.2 Å². The van der Waals surface area contributed by atoms with Crippen LogP contribution >= 0.6 is 9.24 Å². The Kier molecular flexibility index (Phi) is 8.74. The zero-order chi connectivity index (χ0) is 22.1. The van der Waals surface area contributed by atoms with Gasteiger partial charge < -0.3 is 19.7 Å². The normalized spacial score (nSPS) is 12.9. The highest BCUT2D eigenvalue weighted by Gasteiger charge is 2.19. The number of nitrogens with zero attached hydrogens (tertiary/aromatic N) is 2. The molecule has 9 heteroatoms. The summed E-state index contributed by atoms with van der Waals surface area (Å²) in [7, 11) is 4.83. The van der Waals surface area contributed by atoms with Crippen LogP contribution in [-0.2, 0) is 21.1 Å². The van der Waals surface area contributed by atoms with E-state index in [1.54, 1.807) is 37.3 Å². The molecule has 0 aliphatic rings. The lowest BCUT2D eigenvalue weighted by Gasteiger charge is -2.14. The summed E-state index contributed by atoms with van der Waals surface area (Å²) in [5.41, 5.74) is 3.49. The van der Waals surface area contributed by atoms with Gasteiger partial charge in [0.1, 0.15) is 19.5 Å². The summed E-state index contributed by atoms with van der Waals surface area (Å²) in [5, 5.41) is 10.6. The number of likely N-dealkylation sites (N-methyl/N-ethyl adjacent to an activating group) is 1. The lowest BCUT2D eigenvalue weighted by atomic mass is 9.98. The number of halogens is 1. The van der Waals surface area contributed by atoms with Crippen LogP contribution in [0, 0.1) is 6.92 Å². The van der Waals surface area contributed by atoms with E-state index in [4.69, 9.17) is 14.4 Å². The van der Waals surface area contributed by atoms with Gasteiger partial charge in [0.2, 0.25) is 6.10 Å². The molecule has 0 radical (unpaired) electrons. The molecule has 2 atom stereocenters. The van der Waals surface area contributed by atoms with Crippen molar-refractivity contribution in [1.29, 1.82) is 0 Å². The van der Waals surface area contributed by atoms with Gasteiger partial charge in [0.15, 0.2) is 5.71 Å². The summed E-state index contributed by atoms with van der Waals surface area (Å²) in [6, 6.07) is 12.4. The fourth-order valence-corrected chi connectivity index (χ4v) is 2.92. The highest BCUT2D eigenvalue weighted by molar-refractivity contribution is 7.16. The molecule has 2 unspecified atom stereocenters. The highest BCUT2D eigenvalue weighted by Crippen LogP contribution is 2.23. The topological polar surface area (TPSA) is 81.5 Å². The van der Waals surface area contributed by atoms with Crippen molar-refractivity contribution in [2.45, 2.75) is 26.6 Å². The van der Waals surface area contributed by atoms with Crippen molar-refractivity contribution in [2.24, 2.45) is 10.3 Å². The lowest BCUT2D eigenvalue weighted by molar-refractivity contribution is -0.114. The average Bonchev–Trinajstić information content (AvgIpc) is 2.72. The van der Waals surface area contributed by atoms with Crippen LogP contribution < -0.4 is 10.1 Å². The fraction of sp³-hybridized carbons (Fsp3) is 0.286. The van der Waals surface area contributed by atoms with Crippen molar-refractivity contribution in [3.8, 4) is 5.75 Å². The molecule has 0 saturated heterocycles. The number of amides is 1. The molecule has 30 heavy (non-hydrogen) atoms. The van der Waals surface area contributed by atoms with E-state index in [2.05, 4.69) is 15.6 Å². The zero-order valence-corrected chi connectivity index (χ0v) is 18.5.